The number of alkyl halides is 3. The first-order valence-corrected chi connectivity index (χ1v) is 10.6. The van der Waals surface area contributed by atoms with Gasteiger partial charge >= 0.3 is 6.18 Å². The highest BCUT2D eigenvalue weighted by Gasteiger charge is 2.33. The third kappa shape index (κ3) is 3.60. The molecule has 4 rings (SSSR count). The van der Waals surface area contributed by atoms with Crippen molar-refractivity contribution in [2.75, 3.05) is 31.1 Å². The minimum atomic E-state index is -4.43. The molecule has 0 radical (unpaired) electrons. The summed E-state index contributed by atoms with van der Waals surface area (Å²) in [6.45, 7) is 0.992. The fourth-order valence-corrected chi connectivity index (χ4v) is 5.26. The van der Waals surface area contributed by atoms with Gasteiger partial charge in [0.2, 0.25) is 10.0 Å². The molecule has 1 aromatic heterocycles. The second-order valence-corrected chi connectivity index (χ2v) is 9.01. The van der Waals surface area contributed by atoms with Gasteiger partial charge in [-0.15, -0.1) is 0 Å². The number of aryl methyl sites for hydroxylation is 2. The summed E-state index contributed by atoms with van der Waals surface area (Å²) in [5.74, 6) is 0.212. The Balaban J connectivity index is 1.48. The summed E-state index contributed by atoms with van der Waals surface area (Å²) in [5.41, 5.74) is 1.54. The van der Waals surface area contributed by atoms with E-state index in [1.807, 2.05) is 6.07 Å². The van der Waals surface area contributed by atoms with Crippen LogP contribution in [0, 0.1) is 0 Å². The molecule has 150 valence electrons. The maximum absolute atomic E-state index is 13.0. The zero-order valence-electron chi connectivity index (χ0n) is 15.1. The lowest BCUT2D eigenvalue weighted by atomic mass is 10.1. The van der Waals surface area contributed by atoms with Crippen molar-refractivity contribution >= 4 is 15.8 Å². The Morgan fingerprint density at radius 1 is 0.929 bits per heavy atom. The van der Waals surface area contributed by atoms with Crippen LogP contribution in [0.2, 0.25) is 0 Å². The van der Waals surface area contributed by atoms with Crippen LogP contribution in [0.3, 0.4) is 0 Å². The second kappa shape index (κ2) is 7.04. The van der Waals surface area contributed by atoms with Gasteiger partial charge in [-0.1, -0.05) is 6.07 Å². The number of hydrogen-bond donors (Lipinski definition) is 0. The van der Waals surface area contributed by atoms with Crippen LogP contribution in [0.25, 0.3) is 0 Å². The van der Waals surface area contributed by atoms with Crippen LogP contribution in [0.15, 0.2) is 41.4 Å². The number of halogens is 3. The van der Waals surface area contributed by atoms with Gasteiger partial charge in [0.25, 0.3) is 0 Å². The molecule has 0 N–H and O–H groups in total. The minimum absolute atomic E-state index is 0.206. The minimum Gasteiger partial charge on any atom is -0.354 e. The Morgan fingerprint density at radius 3 is 2.36 bits per heavy atom. The SMILES string of the molecule is O=S(=O)(c1ccc2c(c1)CCC2)N1CCN(c2cc(C(F)(F)F)ccn2)CC1. The number of rotatable bonds is 3. The predicted molar refractivity (Wildman–Crippen MR) is 98.7 cm³/mol. The third-order valence-corrected chi connectivity index (χ3v) is 7.24. The summed E-state index contributed by atoms with van der Waals surface area (Å²) in [4.78, 5) is 5.99. The second-order valence-electron chi connectivity index (χ2n) is 7.08. The lowest BCUT2D eigenvalue weighted by Gasteiger charge is -2.34. The van der Waals surface area contributed by atoms with Gasteiger partial charge in [0.1, 0.15) is 5.82 Å². The van der Waals surface area contributed by atoms with Crippen molar-refractivity contribution in [1.82, 2.24) is 9.29 Å². The van der Waals surface area contributed by atoms with Gasteiger partial charge in [-0.25, -0.2) is 13.4 Å². The molecule has 2 aliphatic rings. The van der Waals surface area contributed by atoms with E-state index >= 15 is 0 Å². The van der Waals surface area contributed by atoms with Gasteiger partial charge in [0, 0.05) is 32.4 Å². The zero-order valence-corrected chi connectivity index (χ0v) is 15.9. The number of fused-ring (bicyclic) bond motifs is 1. The molecule has 1 fully saturated rings. The Kier molecular flexibility index (Phi) is 4.83. The number of benzene rings is 1. The van der Waals surface area contributed by atoms with Crippen molar-refractivity contribution in [3.63, 3.8) is 0 Å². The lowest BCUT2D eigenvalue weighted by molar-refractivity contribution is -0.137. The molecular weight excluding hydrogens is 391 g/mol. The summed E-state index contributed by atoms with van der Waals surface area (Å²) in [6, 6.07) is 7.24. The van der Waals surface area contributed by atoms with Crippen molar-refractivity contribution in [3.8, 4) is 0 Å². The summed E-state index contributed by atoms with van der Waals surface area (Å²) in [6.07, 6.45) is -0.379. The van der Waals surface area contributed by atoms with E-state index in [0.717, 1.165) is 43.2 Å². The average Bonchev–Trinajstić information content (AvgIpc) is 3.15. The summed E-state index contributed by atoms with van der Waals surface area (Å²) < 4.78 is 66.0. The van der Waals surface area contributed by atoms with Gasteiger partial charge in [-0.05, 0) is 54.7 Å². The summed E-state index contributed by atoms with van der Waals surface area (Å²) in [5, 5.41) is 0. The molecule has 1 aliphatic carbocycles. The van der Waals surface area contributed by atoms with Crippen LogP contribution >= 0.6 is 0 Å². The van der Waals surface area contributed by atoms with Crippen molar-refractivity contribution < 1.29 is 21.6 Å². The van der Waals surface area contributed by atoms with Crippen LogP contribution in [-0.2, 0) is 29.0 Å². The Labute approximate surface area is 161 Å². The molecule has 1 aromatic carbocycles. The first kappa shape index (κ1) is 19.2. The fraction of sp³-hybridized carbons (Fsp3) is 0.421. The molecule has 2 aromatic rings. The van der Waals surface area contributed by atoms with Gasteiger partial charge < -0.3 is 4.90 Å². The smallest absolute Gasteiger partial charge is 0.354 e. The highest BCUT2D eigenvalue weighted by molar-refractivity contribution is 7.89. The monoisotopic (exact) mass is 411 g/mol. The molecule has 9 heteroatoms. The number of aromatic nitrogens is 1. The normalized spacial score (nSPS) is 18.3. The number of nitrogens with zero attached hydrogens (tertiary/aromatic N) is 3. The first-order chi connectivity index (χ1) is 13.2. The van der Waals surface area contributed by atoms with E-state index in [-0.39, 0.29) is 18.9 Å². The quantitative estimate of drug-likeness (QED) is 0.779. The van der Waals surface area contributed by atoms with E-state index in [0.29, 0.717) is 18.0 Å². The highest BCUT2D eigenvalue weighted by Crippen LogP contribution is 2.31. The molecule has 0 amide bonds. The first-order valence-electron chi connectivity index (χ1n) is 9.15. The maximum Gasteiger partial charge on any atom is 0.416 e. The molecule has 1 saturated heterocycles. The van der Waals surface area contributed by atoms with Crippen molar-refractivity contribution in [2.24, 2.45) is 0 Å². The van der Waals surface area contributed by atoms with Crippen LogP contribution in [0.5, 0.6) is 0 Å². The number of sulfonamides is 1. The topological polar surface area (TPSA) is 53.5 Å². The van der Waals surface area contributed by atoms with Gasteiger partial charge in [-0.2, -0.15) is 17.5 Å². The van der Waals surface area contributed by atoms with Crippen LogP contribution in [-0.4, -0.2) is 43.9 Å². The van der Waals surface area contributed by atoms with E-state index in [1.165, 1.54) is 9.87 Å². The predicted octanol–water partition coefficient (Wildman–Crippen LogP) is 3.10. The van der Waals surface area contributed by atoms with E-state index < -0.39 is 21.8 Å². The lowest BCUT2D eigenvalue weighted by Crippen LogP contribution is -2.49. The van der Waals surface area contributed by atoms with Crippen molar-refractivity contribution in [2.45, 2.75) is 30.3 Å². The van der Waals surface area contributed by atoms with Gasteiger partial charge in [0.15, 0.2) is 0 Å². The van der Waals surface area contributed by atoms with Crippen molar-refractivity contribution in [1.29, 1.82) is 0 Å². The Morgan fingerprint density at radius 2 is 1.64 bits per heavy atom. The maximum atomic E-state index is 13.0. The number of hydrogen-bond acceptors (Lipinski definition) is 4. The van der Waals surface area contributed by atoms with E-state index in [1.54, 1.807) is 17.0 Å². The highest BCUT2D eigenvalue weighted by atomic mass is 32.2. The largest absolute Gasteiger partial charge is 0.416 e. The molecule has 28 heavy (non-hydrogen) atoms. The van der Waals surface area contributed by atoms with Crippen LogP contribution in [0.1, 0.15) is 23.1 Å². The molecule has 0 unspecified atom stereocenters. The standard InChI is InChI=1S/C19H20F3N3O2S/c20-19(21,22)16-6-7-23-18(13-16)24-8-10-25(11-9-24)28(26,27)17-5-4-14-2-1-3-15(14)12-17/h4-7,12-13H,1-3,8-11H2. The molecule has 2 heterocycles. The number of pyridine rings is 1. The molecule has 0 atom stereocenters. The van der Waals surface area contributed by atoms with Crippen LogP contribution < -0.4 is 4.90 Å². The Bertz CT molecular complexity index is 984. The molecule has 0 spiro atoms. The van der Waals surface area contributed by atoms with Gasteiger partial charge in [-0.3, -0.25) is 0 Å². The molecule has 1 aliphatic heterocycles. The van der Waals surface area contributed by atoms with E-state index in [9.17, 15) is 21.6 Å². The Hall–Kier alpha value is -2.13. The molecular formula is C19H20F3N3O2S. The third-order valence-electron chi connectivity index (χ3n) is 5.34. The zero-order chi connectivity index (χ0) is 19.9. The molecule has 5 nitrogen and oxygen atoms in total. The summed E-state index contributed by atoms with van der Waals surface area (Å²) in [7, 11) is -3.61. The number of anilines is 1. The van der Waals surface area contributed by atoms with Gasteiger partial charge in [0.05, 0.1) is 10.5 Å². The van der Waals surface area contributed by atoms with E-state index in [2.05, 4.69) is 4.98 Å². The summed E-state index contributed by atoms with van der Waals surface area (Å²) >= 11 is 0. The molecule has 0 bridgehead atoms. The number of piperazine rings is 1. The van der Waals surface area contributed by atoms with Crippen LogP contribution in [0.4, 0.5) is 19.0 Å². The fourth-order valence-electron chi connectivity index (χ4n) is 3.78. The molecule has 0 saturated carbocycles. The van der Waals surface area contributed by atoms with Crippen molar-refractivity contribution in [3.05, 3.63) is 53.2 Å². The average molecular weight is 411 g/mol. The van der Waals surface area contributed by atoms with E-state index in [4.69, 9.17) is 0 Å².